The van der Waals surface area contributed by atoms with Crippen molar-refractivity contribution in [3.05, 3.63) is 24.3 Å². The minimum atomic E-state index is -0.0421. The van der Waals surface area contributed by atoms with Crippen LogP contribution in [0.1, 0.15) is 207 Å². The van der Waals surface area contributed by atoms with E-state index in [-0.39, 0.29) is 5.97 Å². The summed E-state index contributed by atoms with van der Waals surface area (Å²) in [6.45, 7) is 10.1. The highest BCUT2D eigenvalue weighted by molar-refractivity contribution is 5.69. The molecule has 0 aromatic heterocycles. The van der Waals surface area contributed by atoms with Crippen LogP contribution in [-0.4, -0.2) is 37.1 Å². The number of ether oxygens (including phenoxy) is 1. The second-order valence-corrected chi connectivity index (χ2v) is 13.3. The monoisotopic (exact) mass is 618 g/mol. The van der Waals surface area contributed by atoms with Crippen molar-refractivity contribution in [2.75, 3.05) is 26.2 Å². The van der Waals surface area contributed by atoms with Crippen LogP contribution in [0, 0.1) is 0 Å². The largest absolute Gasteiger partial charge is 0.466 e. The summed E-state index contributed by atoms with van der Waals surface area (Å²) in [7, 11) is 0. The molecule has 3 heteroatoms. The molecule has 0 saturated carbocycles. The number of unbranched alkanes of at least 4 members (excludes halogenated alkanes) is 24. The molecule has 0 bridgehead atoms. The average Bonchev–Trinajstić information content (AvgIpc) is 3.02. The van der Waals surface area contributed by atoms with Crippen molar-refractivity contribution in [3.8, 4) is 0 Å². The van der Waals surface area contributed by atoms with Gasteiger partial charge >= 0.3 is 5.97 Å². The highest BCUT2D eigenvalue weighted by Gasteiger charge is 2.09. The van der Waals surface area contributed by atoms with Gasteiger partial charge in [0, 0.05) is 6.54 Å². The molecular formula is C41H79NO2. The van der Waals surface area contributed by atoms with E-state index < -0.39 is 0 Å². The van der Waals surface area contributed by atoms with Gasteiger partial charge in [-0.1, -0.05) is 154 Å². The first-order valence-corrected chi connectivity index (χ1v) is 19.9. The number of rotatable bonds is 36. The SMILES string of the molecule is CCCCCCCC/C=C\CCCCCCCCN(CCCCCCCC/C=C\CCCCCCCC)CCC(=O)OCC. The van der Waals surface area contributed by atoms with E-state index in [4.69, 9.17) is 4.74 Å². The van der Waals surface area contributed by atoms with Gasteiger partial charge in [0.05, 0.1) is 13.0 Å². The van der Waals surface area contributed by atoms with Gasteiger partial charge in [-0.15, -0.1) is 0 Å². The van der Waals surface area contributed by atoms with Crippen molar-refractivity contribution in [2.24, 2.45) is 0 Å². The van der Waals surface area contributed by atoms with E-state index in [2.05, 4.69) is 43.1 Å². The van der Waals surface area contributed by atoms with Crippen molar-refractivity contribution < 1.29 is 9.53 Å². The summed E-state index contributed by atoms with van der Waals surface area (Å²) in [6, 6.07) is 0. The molecule has 0 atom stereocenters. The molecule has 3 nitrogen and oxygen atoms in total. The first-order chi connectivity index (χ1) is 21.7. The fraction of sp³-hybridized carbons (Fsp3) is 0.878. The zero-order valence-electron chi connectivity index (χ0n) is 30.4. The maximum atomic E-state index is 11.9. The van der Waals surface area contributed by atoms with E-state index in [1.54, 1.807) is 0 Å². The lowest BCUT2D eigenvalue weighted by atomic mass is 10.1. The summed E-state index contributed by atoms with van der Waals surface area (Å²) >= 11 is 0. The van der Waals surface area contributed by atoms with Crippen LogP contribution in [-0.2, 0) is 9.53 Å². The van der Waals surface area contributed by atoms with Crippen LogP contribution < -0.4 is 0 Å². The highest BCUT2D eigenvalue weighted by Crippen LogP contribution is 2.13. The van der Waals surface area contributed by atoms with Crippen molar-refractivity contribution in [1.82, 2.24) is 4.90 Å². The van der Waals surface area contributed by atoms with Gasteiger partial charge in [0.25, 0.3) is 0 Å². The number of hydrogen-bond acceptors (Lipinski definition) is 3. The molecule has 0 radical (unpaired) electrons. The molecule has 0 rings (SSSR count). The summed E-state index contributed by atoms with van der Waals surface area (Å²) < 4.78 is 5.19. The van der Waals surface area contributed by atoms with Gasteiger partial charge in [-0.2, -0.15) is 0 Å². The Morgan fingerprint density at radius 2 is 0.750 bits per heavy atom. The first-order valence-electron chi connectivity index (χ1n) is 19.9. The Kier molecular flexibility index (Phi) is 37.2. The fourth-order valence-corrected chi connectivity index (χ4v) is 5.98. The Bertz CT molecular complexity index is 572. The molecule has 0 N–H and O–H groups in total. The minimum absolute atomic E-state index is 0.0421. The van der Waals surface area contributed by atoms with Gasteiger partial charge in [0.15, 0.2) is 0 Å². The molecule has 0 heterocycles. The van der Waals surface area contributed by atoms with Gasteiger partial charge in [-0.05, 0) is 84.2 Å². The number of carbonyl (C=O) groups excluding carboxylic acids is 1. The van der Waals surface area contributed by atoms with E-state index in [1.165, 1.54) is 180 Å². The third-order valence-corrected chi connectivity index (χ3v) is 8.91. The zero-order valence-corrected chi connectivity index (χ0v) is 30.4. The summed E-state index contributed by atoms with van der Waals surface area (Å²) in [5.41, 5.74) is 0. The van der Waals surface area contributed by atoms with E-state index in [1.807, 2.05) is 6.92 Å². The lowest BCUT2D eigenvalue weighted by molar-refractivity contribution is -0.143. The van der Waals surface area contributed by atoms with Crippen molar-refractivity contribution in [1.29, 1.82) is 0 Å². The number of allylic oxidation sites excluding steroid dienone is 4. The van der Waals surface area contributed by atoms with Gasteiger partial charge in [-0.25, -0.2) is 0 Å². The molecule has 0 aliphatic rings. The van der Waals surface area contributed by atoms with E-state index >= 15 is 0 Å². The molecule has 0 amide bonds. The summed E-state index contributed by atoms with van der Waals surface area (Å²) in [5, 5.41) is 0. The lowest BCUT2D eigenvalue weighted by Gasteiger charge is -2.22. The van der Waals surface area contributed by atoms with E-state index in [9.17, 15) is 4.79 Å². The molecular weight excluding hydrogens is 538 g/mol. The summed E-state index contributed by atoms with van der Waals surface area (Å²) in [6.07, 6.45) is 48.0. The average molecular weight is 618 g/mol. The van der Waals surface area contributed by atoms with Crippen molar-refractivity contribution >= 4 is 5.97 Å². The van der Waals surface area contributed by atoms with Gasteiger partial charge < -0.3 is 9.64 Å². The molecule has 0 spiro atoms. The predicted octanol–water partition coefficient (Wildman–Crippen LogP) is 13.3. The number of hydrogen-bond donors (Lipinski definition) is 0. The van der Waals surface area contributed by atoms with Crippen LogP contribution in [0.4, 0.5) is 0 Å². The van der Waals surface area contributed by atoms with Crippen LogP contribution in [0.2, 0.25) is 0 Å². The molecule has 44 heavy (non-hydrogen) atoms. The standard InChI is InChI=1S/C41H79NO2/c1-4-7-9-11-13-15-17-19-21-23-25-27-29-31-33-35-38-42(40-37-41(43)44-6-3)39-36-34-32-30-28-26-24-22-20-18-16-14-12-10-8-5-2/h19-22H,4-18,23-40H2,1-3H3/b21-19-,22-20-. The Labute approximate surface area is 277 Å². The number of nitrogens with zero attached hydrogens (tertiary/aromatic N) is 1. The Morgan fingerprint density at radius 1 is 0.432 bits per heavy atom. The molecule has 0 aromatic carbocycles. The van der Waals surface area contributed by atoms with E-state index in [0.29, 0.717) is 13.0 Å². The third kappa shape index (κ3) is 35.4. The third-order valence-electron chi connectivity index (χ3n) is 8.91. The maximum absolute atomic E-state index is 11.9. The second kappa shape index (κ2) is 38.1. The van der Waals surface area contributed by atoms with Crippen LogP contribution in [0.15, 0.2) is 24.3 Å². The van der Waals surface area contributed by atoms with Crippen LogP contribution in [0.3, 0.4) is 0 Å². The predicted molar refractivity (Wildman–Crippen MR) is 197 cm³/mol. The minimum Gasteiger partial charge on any atom is -0.466 e. The molecule has 0 aromatic rings. The van der Waals surface area contributed by atoms with Crippen LogP contribution in [0.25, 0.3) is 0 Å². The zero-order chi connectivity index (χ0) is 32.0. The van der Waals surface area contributed by atoms with Crippen LogP contribution in [0.5, 0.6) is 0 Å². The van der Waals surface area contributed by atoms with Crippen molar-refractivity contribution in [3.63, 3.8) is 0 Å². The molecule has 0 saturated heterocycles. The Balaban J connectivity index is 3.80. The van der Waals surface area contributed by atoms with Gasteiger partial charge in [0.2, 0.25) is 0 Å². The second-order valence-electron chi connectivity index (χ2n) is 13.3. The topological polar surface area (TPSA) is 29.5 Å². The van der Waals surface area contributed by atoms with Gasteiger partial charge in [-0.3, -0.25) is 4.79 Å². The quantitative estimate of drug-likeness (QED) is 0.0398. The van der Waals surface area contributed by atoms with E-state index in [0.717, 1.165) is 19.6 Å². The summed E-state index contributed by atoms with van der Waals surface area (Å²) in [5.74, 6) is -0.0421. The summed E-state index contributed by atoms with van der Waals surface area (Å²) in [4.78, 5) is 14.5. The normalized spacial score (nSPS) is 11.9. The Morgan fingerprint density at radius 3 is 1.09 bits per heavy atom. The lowest BCUT2D eigenvalue weighted by Crippen LogP contribution is -2.29. The smallest absolute Gasteiger partial charge is 0.307 e. The number of carbonyl (C=O) groups is 1. The number of esters is 1. The van der Waals surface area contributed by atoms with Gasteiger partial charge in [0.1, 0.15) is 0 Å². The van der Waals surface area contributed by atoms with Crippen molar-refractivity contribution in [2.45, 2.75) is 207 Å². The maximum Gasteiger partial charge on any atom is 0.307 e. The molecule has 0 aliphatic heterocycles. The molecule has 0 unspecified atom stereocenters. The molecule has 0 aliphatic carbocycles. The fourth-order valence-electron chi connectivity index (χ4n) is 5.98. The molecule has 0 fully saturated rings. The molecule has 260 valence electrons. The van der Waals surface area contributed by atoms with Crippen LogP contribution >= 0.6 is 0 Å². The Hall–Kier alpha value is -1.09. The highest BCUT2D eigenvalue weighted by atomic mass is 16.5. The first kappa shape index (κ1) is 42.9.